The zero-order valence-electron chi connectivity index (χ0n) is 24.2. The number of anilines is 1. The predicted molar refractivity (Wildman–Crippen MR) is 172 cm³/mol. The number of sulfonamides is 1. The Kier molecular flexibility index (Phi) is 10.7. The van der Waals surface area contributed by atoms with E-state index in [4.69, 9.17) is 0 Å². The van der Waals surface area contributed by atoms with Gasteiger partial charge in [0.2, 0.25) is 21.1 Å². The highest BCUT2D eigenvalue weighted by Gasteiger charge is 2.26. The van der Waals surface area contributed by atoms with Crippen LogP contribution < -0.4 is 10.6 Å². The topological polar surface area (TPSA) is 152 Å². The van der Waals surface area contributed by atoms with Gasteiger partial charge in [0.1, 0.15) is 0 Å². The second-order valence-corrected chi connectivity index (χ2v) is 15.3. The summed E-state index contributed by atoms with van der Waals surface area (Å²) in [6, 6.07) is 13.7. The molecule has 5 rings (SSSR count). The molecule has 16 heteroatoms. The number of carbonyl (C=O) groups excluding carboxylic acids is 2. The number of hydrogen-bond acceptors (Lipinski definition) is 11. The van der Waals surface area contributed by atoms with Crippen molar-refractivity contribution < 1.29 is 18.0 Å². The molecule has 0 saturated carbocycles. The van der Waals surface area contributed by atoms with Crippen molar-refractivity contribution in [2.45, 2.75) is 54.0 Å². The van der Waals surface area contributed by atoms with Gasteiger partial charge < -0.3 is 5.32 Å². The van der Waals surface area contributed by atoms with E-state index in [2.05, 4.69) is 31.0 Å². The first kappa shape index (κ1) is 32.1. The monoisotopic (exact) mass is 672 g/mol. The first-order valence-corrected chi connectivity index (χ1v) is 18.3. The second-order valence-electron chi connectivity index (χ2n) is 9.89. The van der Waals surface area contributed by atoms with Gasteiger partial charge in [-0.1, -0.05) is 60.3 Å². The van der Waals surface area contributed by atoms with Gasteiger partial charge in [-0.2, -0.15) is 4.31 Å². The first-order chi connectivity index (χ1) is 21.2. The standard InChI is InChI=1S/C28H32N8O4S4/c1-3-41-28-34-32-26(43-28)30-24(37)18-42-27-33-31-23(36(27)21-9-7-8-19(2)16-21)17-29-25(38)20-10-12-22(13-11-20)44(39,40)35-14-5-4-6-15-35/h7-13,16H,3-6,14-15,17-18H2,1-2H3,(H,29,38)(H,30,32,37). The number of amides is 2. The van der Waals surface area contributed by atoms with Gasteiger partial charge in [0.25, 0.3) is 5.91 Å². The van der Waals surface area contributed by atoms with Gasteiger partial charge in [-0.25, -0.2) is 8.42 Å². The number of hydrogen-bond donors (Lipinski definition) is 2. The van der Waals surface area contributed by atoms with Crippen molar-refractivity contribution in [2.75, 3.05) is 29.9 Å². The first-order valence-electron chi connectivity index (χ1n) is 14.0. The lowest BCUT2D eigenvalue weighted by atomic mass is 10.2. The third-order valence-corrected chi connectivity index (χ3v) is 11.4. The highest BCUT2D eigenvalue weighted by molar-refractivity contribution is 8.01. The minimum absolute atomic E-state index is 0.0585. The smallest absolute Gasteiger partial charge is 0.251 e. The fourth-order valence-electron chi connectivity index (χ4n) is 4.56. The lowest BCUT2D eigenvalue weighted by Crippen LogP contribution is -2.35. The Bertz CT molecular complexity index is 1720. The molecule has 2 amide bonds. The minimum atomic E-state index is -3.59. The van der Waals surface area contributed by atoms with Crippen molar-refractivity contribution in [1.82, 2.24) is 34.6 Å². The number of nitrogens with zero attached hydrogens (tertiary/aromatic N) is 6. The van der Waals surface area contributed by atoms with E-state index < -0.39 is 10.0 Å². The van der Waals surface area contributed by atoms with E-state index in [0.29, 0.717) is 34.8 Å². The van der Waals surface area contributed by atoms with E-state index in [-0.39, 0.29) is 29.0 Å². The predicted octanol–water partition coefficient (Wildman–Crippen LogP) is 4.37. The molecule has 0 radical (unpaired) electrons. The van der Waals surface area contributed by atoms with Crippen LogP contribution in [0.4, 0.5) is 5.13 Å². The van der Waals surface area contributed by atoms with Crippen molar-refractivity contribution in [3.63, 3.8) is 0 Å². The summed E-state index contributed by atoms with van der Waals surface area (Å²) in [5.74, 6) is 0.779. The molecule has 0 bridgehead atoms. The quantitative estimate of drug-likeness (QED) is 0.164. The number of nitrogens with one attached hydrogen (secondary N) is 2. The van der Waals surface area contributed by atoms with Crippen LogP contribution in [0.2, 0.25) is 0 Å². The molecule has 1 fully saturated rings. The lowest BCUT2D eigenvalue weighted by Gasteiger charge is -2.25. The van der Waals surface area contributed by atoms with Crippen molar-refractivity contribution >= 4 is 61.8 Å². The third kappa shape index (κ3) is 7.85. The summed E-state index contributed by atoms with van der Waals surface area (Å²) in [6.07, 6.45) is 2.73. The van der Waals surface area contributed by atoms with Gasteiger partial charge in [-0.15, -0.1) is 20.4 Å². The number of rotatable bonds is 12. The molecule has 2 aromatic heterocycles. The Hall–Kier alpha value is -3.31. The summed E-state index contributed by atoms with van der Waals surface area (Å²) in [6.45, 7) is 5.08. The maximum absolute atomic E-state index is 13.0. The van der Waals surface area contributed by atoms with Crippen LogP contribution >= 0.6 is 34.9 Å². The normalized spacial score (nSPS) is 14.0. The summed E-state index contributed by atoms with van der Waals surface area (Å²) in [7, 11) is -3.59. The van der Waals surface area contributed by atoms with Crippen LogP contribution in [-0.2, 0) is 21.4 Å². The summed E-state index contributed by atoms with van der Waals surface area (Å²) in [5, 5.41) is 23.2. The molecular weight excluding hydrogens is 641 g/mol. The largest absolute Gasteiger partial charge is 0.345 e. The number of aromatic nitrogens is 5. The number of aryl methyl sites for hydroxylation is 1. The van der Waals surface area contributed by atoms with Gasteiger partial charge in [0.15, 0.2) is 15.3 Å². The SMILES string of the molecule is CCSc1nnc(NC(=O)CSc2nnc(CNC(=O)c3ccc(S(=O)(=O)N4CCCCC4)cc3)n2-c2cccc(C)c2)s1. The van der Waals surface area contributed by atoms with Crippen LogP contribution in [0, 0.1) is 6.92 Å². The highest BCUT2D eigenvalue weighted by Crippen LogP contribution is 2.27. The molecular formula is C28H32N8O4S4. The van der Waals surface area contributed by atoms with Crippen molar-refractivity contribution in [2.24, 2.45) is 0 Å². The van der Waals surface area contributed by atoms with Crippen LogP contribution in [0.15, 0.2) is 62.9 Å². The number of benzene rings is 2. The van der Waals surface area contributed by atoms with Crippen LogP contribution in [0.5, 0.6) is 0 Å². The molecule has 0 aliphatic carbocycles. The van der Waals surface area contributed by atoms with Crippen molar-refractivity contribution in [3.05, 3.63) is 65.5 Å². The Labute approximate surface area is 268 Å². The molecule has 4 aromatic rings. The van der Waals surface area contributed by atoms with Gasteiger partial charge in [-0.05, 0) is 67.5 Å². The molecule has 12 nitrogen and oxygen atoms in total. The van der Waals surface area contributed by atoms with Crippen LogP contribution in [0.3, 0.4) is 0 Å². The average Bonchev–Trinajstić information content (AvgIpc) is 3.65. The van der Waals surface area contributed by atoms with Gasteiger partial charge >= 0.3 is 0 Å². The van der Waals surface area contributed by atoms with Gasteiger partial charge in [0.05, 0.1) is 17.2 Å². The number of carbonyl (C=O) groups is 2. The maximum Gasteiger partial charge on any atom is 0.251 e. The molecule has 2 aromatic carbocycles. The Balaban J connectivity index is 1.26. The Morgan fingerprint density at radius 2 is 1.75 bits per heavy atom. The highest BCUT2D eigenvalue weighted by atomic mass is 32.2. The van der Waals surface area contributed by atoms with Crippen LogP contribution in [0.1, 0.15) is 47.9 Å². The Morgan fingerprint density at radius 3 is 2.48 bits per heavy atom. The van der Waals surface area contributed by atoms with E-state index in [1.54, 1.807) is 16.3 Å². The molecule has 44 heavy (non-hydrogen) atoms. The fourth-order valence-corrected chi connectivity index (χ4v) is 8.51. The third-order valence-electron chi connectivity index (χ3n) is 6.69. The number of thioether (sulfide) groups is 2. The second kappa shape index (κ2) is 14.6. The van der Waals surface area contributed by atoms with E-state index in [9.17, 15) is 18.0 Å². The van der Waals surface area contributed by atoms with E-state index in [1.165, 1.54) is 51.7 Å². The average molecular weight is 673 g/mol. The van der Waals surface area contributed by atoms with E-state index >= 15 is 0 Å². The molecule has 0 spiro atoms. The minimum Gasteiger partial charge on any atom is -0.345 e. The molecule has 0 atom stereocenters. The summed E-state index contributed by atoms with van der Waals surface area (Å²) in [5.41, 5.74) is 2.14. The molecule has 1 aliphatic rings. The van der Waals surface area contributed by atoms with Crippen molar-refractivity contribution in [3.8, 4) is 5.69 Å². The maximum atomic E-state index is 13.0. The zero-order valence-corrected chi connectivity index (χ0v) is 27.5. The van der Waals surface area contributed by atoms with Crippen LogP contribution in [-0.4, -0.2) is 74.1 Å². The zero-order chi connectivity index (χ0) is 31.1. The van der Waals surface area contributed by atoms with Gasteiger partial charge in [-0.3, -0.25) is 19.5 Å². The number of piperidine rings is 1. The molecule has 1 aliphatic heterocycles. The summed E-state index contributed by atoms with van der Waals surface area (Å²) in [4.78, 5) is 25.9. The fraction of sp³-hybridized carbons (Fsp3) is 0.357. The summed E-state index contributed by atoms with van der Waals surface area (Å²) >= 11 is 4.10. The summed E-state index contributed by atoms with van der Waals surface area (Å²) < 4.78 is 30.0. The van der Waals surface area contributed by atoms with Crippen molar-refractivity contribution in [1.29, 1.82) is 0 Å². The van der Waals surface area contributed by atoms with E-state index in [0.717, 1.165) is 40.6 Å². The van der Waals surface area contributed by atoms with Crippen LogP contribution in [0.25, 0.3) is 5.69 Å². The molecule has 3 heterocycles. The molecule has 1 saturated heterocycles. The molecule has 0 unspecified atom stereocenters. The Morgan fingerprint density at radius 1 is 0.977 bits per heavy atom. The lowest BCUT2D eigenvalue weighted by molar-refractivity contribution is -0.113. The molecule has 232 valence electrons. The molecule has 2 N–H and O–H groups in total. The van der Waals surface area contributed by atoms with E-state index in [1.807, 2.05) is 38.1 Å². The van der Waals surface area contributed by atoms with Gasteiger partial charge in [0, 0.05) is 24.3 Å².